The summed E-state index contributed by atoms with van der Waals surface area (Å²) in [6.45, 7) is 7.53. The molecule has 0 aliphatic rings. The number of hydrogen-bond acceptors (Lipinski definition) is 4. The molecule has 0 spiro atoms. The standard InChI is InChI=1S/C10H18N2OS/c1-3-5-13-7-10-12-9(8-14-10)6-11-4-2/h8,11H,3-7H2,1-2H3. The third-order valence-corrected chi connectivity index (χ3v) is 2.60. The average Bonchev–Trinajstić information content (AvgIpc) is 2.63. The van der Waals surface area contributed by atoms with E-state index in [-0.39, 0.29) is 0 Å². The number of nitrogens with zero attached hydrogens (tertiary/aromatic N) is 1. The van der Waals surface area contributed by atoms with E-state index in [4.69, 9.17) is 4.74 Å². The molecule has 0 saturated heterocycles. The second-order valence-electron chi connectivity index (χ2n) is 3.07. The molecule has 4 heteroatoms. The van der Waals surface area contributed by atoms with Gasteiger partial charge in [-0.15, -0.1) is 11.3 Å². The Morgan fingerprint density at radius 3 is 3.07 bits per heavy atom. The molecule has 1 rings (SSSR count). The lowest BCUT2D eigenvalue weighted by Gasteiger charge is -1.98. The molecule has 0 radical (unpaired) electrons. The van der Waals surface area contributed by atoms with E-state index >= 15 is 0 Å². The summed E-state index contributed by atoms with van der Waals surface area (Å²) >= 11 is 1.67. The third-order valence-electron chi connectivity index (χ3n) is 1.73. The predicted octanol–water partition coefficient (Wildman–Crippen LogP) is 2.18. The van der Waals surface area contributed by atoms with Crippen LogP contribution in [0.2, 0.25) is 0 Å². The molecule has 0 aliphatic carbocycles. The molecule has 0 bridgehead atoms. The molecule has 0 aromatic carbocycles. The van der Waals surface area contributed by atoms with Gasteiger partial charge in [-0.2, -0.15) is 0 Å². The first-order chi connectivity index (χ1) is 6.86. The highest BCUT2D eigenvalue weighted by Crippen LogP contribution is 2.10. The van der Waals surface area contributed by atoms with Gasteiger partial charge in [0.25, 0.3) is 0 Å². The monoisotopic (exact) mass is 214 g/mol. The lowest BCUT2D eigenvalue weighted by Crippen LogP contribution is -2.11. The molecule has 80 valence electrons. The van der Waals surface area contributed by atoms with Gasteiger partial charge in [-0.3, -0.25) is 0 Å². The van der Waals surface area contributed by atoms with Crippen LogP contribution in [0.3, 0.4) is 0 Å². The van der Waals surface area contributed by atoms with E-state index in [1.54, 1.807) is 11.3 Å². The van der Waals surface area contributed by atoms with E-state index < -0.39 is 0 Å². The Kier molecular flexibility index (Phi) is 5.75. The first-order valence-electron chi connectivity index (χ1n) is 5.08. The van der Waals surface area contributed by atoms with Crippen molar-refractivity contribution in [3.05, 3.63) is 16.1 Å². The van der Waals surface area contributed by atoms with E-state index in [2.05, 4.69) is 29.5 Å². The Hall–Kier alpha value is -0.450. The zero-order valence-corrected chi connectivity index (χ0v) is 9.69. The molecule has 0 amide bonds. The Morgan fingerprint density at radius 2 is 2.36 bits per heavy atom. The SMILES string of the molecule is CCCOCc1nc(CNCC)cs1. The molecule has 1 aromatic heterocycles. The van der Waals surface area contributed by atoms with Gasteiger partial charge in [-0.25, -0.2) is 4.98 Å². The van der Waals surface area contributed by atoms with Crippen LogP contribution in [0.4, 0.5) is 0 Å². The van der Waals surface area contributed by atoms with Gasteiger partial charge < -0.3 is 10.1 Å². The van der Waals surface area contributed by atoms with Gasteiger partial charge in [0.1, 0.15) is 5.01 Å². The molecule has 1 N–H and O–H groups in total. The van der Waals surface area contributed by atoms with E-state index in [0.29, 0.717) is 6.61 Å². The normalized spacial score (nSPS) is 10.7. The van der Waals surface area contributed by atoms with Gasteiger partial charge in [0.15, 0.2) is 0 Å². The molecule has 0 saturated carbocycles. The van der Waals surface area contributed by atoms with E-state index in [1.165, 1.54) is 0 Å². The first kappa shape index (κ1) is 11.6. The molecule has 14 heavy (non-hydrogen) atoms. The van der Waals surface area contributed by atoms with Gasteiger partial charge in [0, 0.05) is 18.5 Å². The van der Waals surface area contributed by atoms with Crippen LogP contribution >= 0.6 is 11.3 Å². The third kappa shape index (κ3) is 4.17. The van der Waals surface area contributed by atoms with Crippen molar-refractivity contribution in [3.63, 3.8) is 0 Å². The summed E-state index contributed by atoms with van der Waals surface area (Å²) in [5.41, 5.74) is 1.12. The van der Waals surface area contributed by atoms with Gasteiger partial charge >= 0.3 is 0 Å². The summed E-state index contributed by atoms with van der Waals surface area (Å²) in [4.78, 5) is 4.45. The summed E-state index contributed by atoms with van der Waals surface area (Å²) in [5.74, 6) is 0. The Bertz CT molecular complexity index is 250. The van der Waals surface area contributed by atoms with Crippen molar-refractivity contribution in [2.45, 2.75) is 33.4 Å². The number of hydrogen-bond donors (Lipinski definition) is 1. The highest BCUT2D eigenvalue weighted by atomic mass is 32.1. The summed E-state index contributed by atoms with van der Waals surface area (Å²) in [6.07, 6.45) is 1.07. The summed E-state index contributed by atoms with van der Waals surface area (Å²) in [6, 6.07) is 0. The van der Waals surface area contributed by atoms with Crippen LogP contribution in [0, 0.1) is 0 Å². The van der Waals surface area contributed by atoms with Gasteiger partial charge in [-0.1, -0.05) is 13.8 Å². The van der Waals surface area contributed by atoms with Crippen LogP contribution in [0.5, 0.6) is 0 Å². The quantitative estimate of drug-likeness (QED) is 0.706. The van der Waals surface area contributed by atoms with Crippen molar-refractivity contribution in [2.24, 2.45) is 0 Å². The van der Waals surface area contributed by atoms with Gasteiger partial charge in [0.05, 0.1) is 12.3 Å². The number of thiazole rings is 1. The zero-order valence-electron chi connectivity index (χ0n) is 8.88. The maximum Gasteiger partial charge on any atom is 0.119 e. The van der Waals surface area contributed by atoms with Crippen LogP contribution in [-0.2, 0) is 17.9 Å². The molecule has 0 atom stereocenters. The lowest BCUT2D eigenvalue weighted by atomic mass is 10.5. The molecule has 0 aliphatic heterocycles. The van der Waals surface area contributed by atoms with Crippen LogP contribution in [0.25, 0.3) is 0 Å². The zero-order chi connectivity index (χ0) is 10.2. The summed E-state index contributed by atoms with van der Waals surface area (Å²) in [7, 11) is 0. The van der Waals surface area contributed by atoms with Crippen LogP contribution < -0.4 is 5.32 Å². The highest BCUT2D eigenvalue weighted by molar-refractivity contribution is 7.09. The van der Waals surface area contributed by atoms with E-state index in [1.807, 2.05) is 0 Å². The van der Waals surface area contributed by atoms with Crippen molar-refractivity contribution in [3.8, 4) is 0 Å². The number of nitrogens with one attached hydrogen (secondary N) is 1. The second-order valence-corrected chi connectivity index (χ2v) is 4.01. The first-order valence-corrected chi connectivity index (χ1v) is 5.96. The van der Waals surface area contributed by atoms with E-state index in [0.717, 1.165) is 36.8 Å². The summed E-state index contributed by atoms with van der Waals surface area (Å²) in [5, 5.41) is 6.41. The lowest BCUT2D eigenvalue weighted by molar-refractivity contribution is 0.121. The summed E-state index contributed by atoms with van der Waals surface area (Å²) < 4.78 is 5.41. The Labute approximate surface area is 89.5 Å². The molecule has 1 aromatic rings. The van der Waals surface area contributed by atoms with Crippen molar-refractivity contribution in [2.75, 3.05) is 13.2 Å². The van der Waals surface area contributed by atoms with Crippen molar-refractivity contribution < 1.29 is 4.74 Å². The average molecular weight is 214 g/mol. The topological polar surface area (TPSA) is 34.1 Å². The highest BCUT2D eigenvalue weighted by Gasteiger charge is 2.00. The Morgan fingerprint density at radius 1 is 1.50 bits per heavy atom. The fourth-order valence-corrected chi connectivity index (χ4v) is 1.78. The fourth-order valence-electron chi connectivity index (χ4n) is 1.05. The molecule has 0 unspecified atom stereocenters. The maximum atomic E-state index is 5.41. The molecule has 0 fully saturated rings. The predicted molar refractivity (Wildman–Crippen MR) is 59.4 cm³/mol. The van der Waals surface area contributed by atoms with Gasteiger partial charge in [0.2, 0.25) is 0 Å². The number of ether oxygens (including phenoxy) is 1. The molecule has 3 nitrogen and oxygen atoms in total. The van der Waals surface area contributed by atoms with Crippen molar-refractivity contribution in [1.29, 1.82) is 0 Å². The number of rotatable bonds is 7. The second kappa shape index (κ2) is 6.92. The maximum absolute atomic E-state index is 5.41. The van der Waals surface area contributed by atoms with Gasteiger partial charge in [-0.05, 0) is 13.0 Å². The Balaban J connectivity index is 2.27. The fraction of sp³-hybridized carbons (Fsp3) is 0.700. The minimum atomic E-state index is 0.657. The van der Waals surface area contributed by atoms with Crippen LogP contribution in [0.1, 0.15) is 31.0 Å². The molecule has 1 heterocycles. The smallest absolute Gasteiger partial charge is 0.119 e. The minimum Gasteiger partial charge on any atom is -0.374 e. The van der Waals surface area contributed by atoms with Crippen molar-refractivity contribution in [1.82, 2.24) is 10.3 Å². The minimum absolute atomic E-state index is 0.657. The number of aromatic nitrogens is 1. The molecular formula is C10H18N2OS. The molecular weight excluding hydrogens is 196 g/mol. The van der Waals surface area contributed by atoms with Crippen molar-refractivity contribution >= 4 is 11.3 Å². The van der Waals surface area contributed by atoms with Crippen LogP contribution in [-0.4, -0.2) is 18.1 Å². The largest absolute Gasteiger partial charge is 0.374 e. The van der Waals surface area contributed by atoms with Crippen LogP contribution in [0.15, 0.2) is 5.38 Å². The van der Waals surface area contributed by atoms with E-state index in [9.17, 15) is 0 Å².